The van der Waals surface area contributed by atoms with Gasteiger partial charge in [0.25, 0.3) is 0 Å². The van der Waals surface area contributed by atoms with Crippen molar-refractivity contribution in [3.8, 4) is 0 Å². The largest absolute Gasteiger partial charge is 0.357 e. The molecule has 1 atom stereocenters. The predicted octanol–water partition coefficient (Wildman–Crippen LogP) is 2.39. The summed E-state index contributed by atoms with van der Waals surface area (Å²) in [4.78, 5) is 31.0. The van der Waals surface area contributed by atoms with Crippen molar-refractivity contribution < 1.29 is 4.79 Å². The SMILES string of the molecule is Cc1ccc(C)c2c(=O)cc(CN3CCCC34CCCNC4=O)[nH]c12. The Labute approximate surface area is 147 Å². The van der Waals surface area contributed by atoms with E-state index in [2.05, 4.69) is 15.2 Å². The molecule has 132 valence electrons. The number of carbonyl (C=O) groups excluding carboxylic acids is 1. The normalized spacial score (nSPS) is 24.2. The molecule has 0 radical (unpaired) electrons. The maximum absolute atomic E-state index is 12.7. The van der Waals surface area contributed by atoms with E-state index >= 15 is 0 Å². The first-order chi connectivity index (χ1) is 12.0. The number of benzene rings is 1. The first kappa shape index (κ1) is 16.3. The van der Waals surface area contributed by atoms with E-state index in [1.165, 1.54) is 0 Å². The Hall–Kier alpha value is -2.14. The molecule has 2 fully saturated rings. The van der Waals surface area contributed by atoms with Crippen molar-refractivity contribution in [3.63, 3.8) is 0 Å². The summed E-state index contributed by atoms with van der Waals surface area (Å²) in [5.41, 5.74) is 3.57. The van der Waals surface area contributed by atoms with E-state index in [0.717, 1.165) is 66.5 Å². The van der Waals surface area contributed by atoms with Crippen LogP contribution in [0.15, 0.2) is 23.0 Å². The minimum Gasteiger partial charge on any atom is -0.357 e. The molecule has 2 saturated heterocycles. The Bertz CT molecular complexity index is 902. The third kappa shape index (κ3) is 2.58. The van der Waals surface area contributed by atoms with Crippen LogP contribution in [0, 0.1) is 13.8 Å². The zero-order valence-corrected chi connectivity index (χ0v) is 14.9. The predicted molar refractivity (Wildman–Crippen MR) is 98.7 cm³/mol. The van der Waals surface area contributed by atoms with Gasteiger partial charge in [0.2, 0.25) is 5.91 Å². The minimum atomic E-state index is -0.383. The fourth-order valence-corrected chi connectivity index (χ4v) is 4.57. The van der Waals surface area contributed by atoms with Crippen molar-refractivity contribution in [2.24, 2.45) is 0 Å². The molecule has 3 heterocycles. The summed E-state index contributed by atoms with van der Waals surface area (Å²) in [6.45, 7) is 6.29. The molecule has 2 aliphatic heterocycles. The van der Waals surface area contributed by atoms with E-state index in [0.29, 0.717) is 6.54 Å². The first-order valence-corrected chi connectivity index (χ1v) is 9.17. The lowest BCUT2D eigenvalue weighted by atomic mass is 9.86. The molecule has 1 amide bonds. The van der Waals surface area contributed by atoms with Gasteiger partial charge < -0.3 is 10.3 Å². The second-order valence-corrected chi connectivity index (χ2v) is 7.52. The average molecular weight is 339 g/mol. The van der Waals surface area contributed by atoms with E-state index in [-0.39, 0.29) is 16.9 Å². The van der Waals surface area contributed by atoms with Crippen molar-refractivity contribution >= 4 is 16.8 Å². The second kappa shape index (κ2) is 5.99. The third-order valence-corrected chi connectivity index (χ3v) is 5.92. The lowest BCUT2D eigenvalue weighted by molar-refractivity contribution is -0.134. The molecular weight excluding hydrogens is 314 g/mol. The van der Waals surface area contributed by atoms with Crippen LogP contribution in [0.25, 0.3) is 10.9 Å². The highest BCUT2D eigenvalue weighted by Crippen LogP contribution is 2.36. The number of H-pyrrole nitrogens is 1. The second-order valence-electron chi connectivity index (χ2n) is 7.52. The minimum absolute atomic E-state index is 0.0614. The van der Waals surface area contributed by atoms with Crippen LogP contribution in [0.2, 0.25) is 0 Å². The fraction of sp³-hybridized carbons (Fsp3) is 0.500. The van der Waals surface area contributed by atoms with Gasteiger partial charge >= 0.3 is 0 Å². The number of aromatic nitrogens is 1. The fourth-order valence-electron chi connectivity index (χ4n) is 4.57. The van der Waals surface area contributed by atoms with E-state index in [4.69, 9.17) is 0 Å². The maximum Gasteiger partial charge on any atom is 0.240 e. The average Bonchev–Trinajstić information content (AvgIpc) is 2.97. The molecule has 5 heteroatoms. The van der Waals surface area contributed by atoms with Gasteiger partial charge in [0.05, 0.1) is 5.52 Å². The molecule has 2 aromatic rings. The Kier molecular flexibility index (Phi) is 3.91. The third-order valence-electron chi connectivity index (χ3n) is 5.92. The molecule has 1 unspecified atom stereocenters. The van der Waals surface area contributed by atoms with Crippen molar-refractivity contribution in [1.29, 1.82) is 0 Å². The first-order valence-electron chi connectivity index (χ1n) is 9.17. The Morgan fingerprint density at radius 2 is 1.88 bits per heavy atom. The number of hydrogen-bond acceptors (Lipinski definition) is 3. The lowest BCUT2D eigenvalue weighted by Crippen LogP contribution is -2.58. The molecular formula is C20H25N3O2. The van der Waals surface area contributed by atoms with E-state index in [1.807, 2.05) is 26.0 Å². The van der Waals surface area contributed by atoms with Gasteiger partial charge in [0.1, 0.15) is 5.54 Å². The Morgan fingerprint density at radius 1 is 1.12 bits per heavy atom. The number of hydrogen-bond donors (Lipinski definition) is 2. The van der Waals surface area contributed by atoms with Gasteiger partial charge in [-0.3, -0.25) is 14.5 Å². The van der Waals surface area contributed by atoms with Crippen molar-refractivity contribution in [3.05, 3.63) is 45.2 Å². The molecule has 1 aromatic heterocycles. The summed E-state index contributed by atoms with van der Waals surface area (Å²) in [7, 11) is 0. The van der Waals surface area contributed by atoms with Crippen LogP contribution in [-0.4, -0.2) is 34.4 Å². The van der Waals surface area contributed by atoms with Gasteiger partial charge in [-0.05, 0) is 57.2 Å². The van der Waals surface area contributed by atoms with Crippen LogP contribution in [0.4, 0.5) is 0 Å². The Morgan fingerprint density at radius 3 is 2.68 bits per heavy atom. The van der Waals surface area contributed by atoms with Gasteiger partial charge in [-0.15, -0.1) is 0 Å². The topological polar surface area (TPSA) is 65.2 Å². The number of nitrogens with zero attached hydrogens (tertiary/aromatic N) is 1. The molecule has 1 spiro atoms. The molecule has 2 aliphatic rings. The van der Waals surface area contributed by atoms with Gasteiger partial charge in [-0.2, -0.15) is 0 Å². The molecule has 25 heavy (non-hydrogen) atoms. The van der Waals surface area contributed by atoms with Crippen molar-refractivity contribution in [2.75, 3.05) is 13.1 Å². The number of aromatic amines is 1. The lowest BCUT2D eigenvalue weighted by Gasteiger charge is -2.40. The quantitative estimate of drug-likeness (QED) is 0.883. The molecule has 0 bridgehead atoms. The van der Waals surface area contributed by atoms with Crippen molar-refractivity contribution in [2.45, 2.75) is 51.6 Å². The van der Waals surface area contributed by atoms with Gasteiger partial charge in [0, 0.05) is 30.2 Å². The number of fused-ring (bicyclic) bond motifs is 1. The van der Waals surface area contributed by atoms with Gasteiger partial charge in [-0.1, -0.05) is 12.1 Å². The molecule has 0 saturated carbocycles. The molecule has 2 N–H and O–H groups in total. The van der Waals surface area contributed by atoms with Gasteiger partial charge in [-0.25, -0.2) is 0 Å². The number of amides is 1. The Balaban J connectivity index is 1.72. The highest BCUT2D eigenvalue weighted by molar-refractivity contribution is 5.87. The number of piperidine rings is 1. The number of rotatable bonds is 2. The van der Waals surface area contributed by atoms with Crippen LogP contribution in [0.3, 0.4) is 0 Å². The molecule has 0 aliphatic carbocycles. The summed E-state index contributed by atoms with van der Waals surface area (Å²) in [5.74, 6) is 0.159. The highest BCUT2D eigenvalue weighted by Gasteiger charge is 2.48. The van der Waals surface area contributed by atoms with Crippen molar-refractivity contribution in [1.82, 2.24) is 15.2 Å². The number of carbonyl (C=O) groups is 1. The number of nitrogens with one attached hydrogen (secondary N) is 2. The summed E-state index contributed by atoms with van der Waals surface area (Å²) >= 11 is 0. The maximum atomic E-state index is 12.7. The molecule has 4 rings (SSSR count). The summed E-state index contributed by atoms with van der Waals surface area (Å²) in [6.07, 6.45) is 3.88. The smallest absolute Gasteiger partial charge is 0.240 e. The summed E-state index contributed by atoms with van der Waals surface area (Å²) in [6, 6.07) is 5.75. The van der Waals surface area contributed by atoms with Gasteiger partial charge in [0.15, 0.2) is 5.43 Å². The number of pyridine rings is 1. The standard InChI is InChI=1S/C20H25N3O2/c1-13-5-6-14(2)18-17(13)16(24)11-15(22-18)12-23-10-4-8-20(23)7-3-9-21-19(20)25/h5-6,11H,3-4,7-10,12H2,1-2H3,(H,21,25)(H,22,24). The molecule has 1 aromatic carbocycles. The van der Waals surface area contributed by atoms with E-state index < -0.39 is 0 Å². The monoisotopic (exact) mass is 339 g/mol. The highest BCUT2D eigenvalue weighted by atomic mass is 16.2. The summed E-state index contributed by atoms with van der Waals surface area (Å²) in [5, 5.41) is 3.81. The zero-order chi connectivity index (χ0) is 17.6. The summed E-state index contributed by atoms with van der Waals surface area (Å²) < 4.78 is 0. The van der Waals surface area contributed by atoms with E-state index in [1.54, 1.807) is 6.07 Å². The number of aryl methyl sites for hydroxylation is 2. The van der Waals surface area contributed by atoms with Crippen LogP contribution in [-0.2, 0) is 11.3 Å². The van der Waals surface area contributed by atoms with Crippen LogP contribution >= 0.6 is 0 Å². The zero-order valence-electron chi connectivity index (χ0n) is 14.9. The van der Waals surface area contributed by atoms with E-state index in [9.17, 15) is 9.59 Å². The van der Waals surface area contributed by atoms with Crippen LogP contribution < -0.4 is 10.7 Å². The number of likely N-dealkylation sites (tertiary alicyclic amines) is 1. The van der Waals surface area contributed by atoms with Crippen LogP contribution in [0.5, 0.6) is 0 Å². The van der Waals surface area contributed by atoms with Crippen LogP contribution in [0.1, 0.15) is 42.5 Å². The molecule has 5 nitrogen and oxygen atoms in total.